The van der Waals surface area contributed by atoms with E-state index in [1.807, 2.05) is 30.3 Å². The minimum Gasteiger partial charge on any atom is -0.356 e. The molecule has 4 aromatic rings. The molecule has 0 aliphatic carbocycles. The molecular formula is C28H28F3N5OS. The molecule has 2 N–H and O–H groups in total. The van der Waals surface area contributed by atoms with Gasteiger partial charge >= 0.3 is 11.0 Å². The van der Waals surface area contributed by atoms with Crippen molar-refractivity contribution in [1.82, 2.24) is 19.8 Å². The number of benzene rings is 2. The Morgan fingerprint density at radius 3 is 2.58 bits per heavy atom. The van der Waals surface area contributed by atoms with E-state index in [9.17, 15) is 18.0 Å². The summed E-state index contributed by atoms with van der Waals surface area (Å²) < 4.78 is 42.0. The third kappa shape index (κ3) is 5.82. The molecule has 1 aliphatic heterocycles. The average molecular weight is 540 g/mol. The smallest absolute Gasteiger partial charge is 0.356 e. The number of halogens is 3. The van der Waals surface area contributed by atoms with E-state index in [2.05, 4.69) is 38.6 Å². The lowest BCUT2D eigenvalue weighted by Gasteiger charge is -2.34. The van der Waals surface area contributed by atoms with Crippen LogP contribution in [0.5, 0.6) is 0 Å². The van der Waals surface area contributed by atoms with E-state index in [0.29, 0.717) is 27.4 Å². The van der Waals surface area contributed by atoms with Crippen LogP contribution < -0.4 is 10.2 Å². The molecule has 1 saturated heterocycles. The molecule has 3 heterocycles. The molecule has 0 amide bonds. The molecule has 0 atom stereocenters. The fourth-order valence-electron chi connectivity index (χ4n) is 4.67. The topological polar surface area (TPSA) is 64.3 Å². The van der Waals surface area contributed by atoms with Crippen molar-refractivity contribution in [3.63, 3.8) is 0 Å². The Bertz CT molecular complexity index is 1520. The number of hydrogen-bond acceptors (Lipinski definition) is 6. The molecule has 0 saturated carbocycles. The molecule has 0 spiro atoms. The van der Waals surface area contributed by atoms with Crippen molar-refractivity contribution in [3.8, 4) is 11.3 Å². The highest BCUT2D eigenvalue weighted by Gasteiger charge is 2.34. The zero-order valence-corrected chi connectivity index (χ0v) is 21.8. The van der Waals surface area contributed by atoms with Crippen LogP contribution in [0.3, 0.4) is 0 Å². The number of likely N-dealkylation sites (N-methyl/N-ethyl adjacent to an activating group) is 1. The predicted octanol–water partition coefficient (Wildman–Crippen LogP) is 5.89. The predicted molar refractivity (Wildman–Crippen MR) is 147 cm³/mol. The second kappa shape index (κ2) is 10.7. The zero-order valence-electron chi connectivity index (χ0n) is 20.9. The van der Waals surface area contributed by atoms with Crippen molar-refractivity contribution >= 4 is 33.1 Å². The number of nitrogens with zero attached hydrogens (tertiary/aromatic N) is 3. The lowest BCUT2D eigenvalue weighted by Crippen LogP contribution is -2.45. The molecule has 0 unspecified atom stereocenters. The molecule has 1 aliphatic rings. The van der Waals surface area contributed by atoms with Crippen molar-refractivity contribution in [1.29, 1.82) is 0 Å². The van der Waals surface area contributed by atoms with Gasteiger partial charge in [-0.05, 0) is 48.0 Å². The highest BCUT2D eigenvalue weighted by atomic mass is 32.1. The molecule has 0 radical (unpaired) electrons. The van der Waals surface area contributed by atoms with Gasteiger partial charge in [-0.2, -0.15) is 13.2 Å². The van der Waals surface area contributed by atoms with E-state index in [-0.39, 0.29) is 17.0 Å². The summed E-state index contributed by atoms with van der Waals surface area (Å²) in [6.45, 7) is 10.6. The number of H-pyrrole nitrogens is 1. The number of aromatic nitrogens is 2. The number of alkyl halides is 3. The number of pyridine rings is 1. The van der Waals surface area contributed by atoms with E-state index in [1.165, 1.54) is 0 Å². The van der Waals surface area contributed by atoms with Gasteiger partial charge in [0.05, 0.1) is 16.8 Å². The number of piperazine rings is 1. The number of rotatable bonds is 7. The zero-order chi connectivity index (χ0) is 26.9. The van der Waals surface area contributed by atoms with Gasteiger partial charge in [-0.25, -0.2) is 4.98 Å². The van der Waals surface area contributed by atoms with Crippen LogP contribution in [0.15, 0.2) is 66.0 Å². The maximum Gasteiger partial charge on any atom is 0.416 e. The SMILES string of the molecule is C=C(Nc1ccc(CN2CCN(CC)CC2)c(C(F)(F)F)c1)c1cccc(-c2ccc3[nH]c(=O)sc3n2)c1. The number of fused-ring (bicyclic) bond motifs is 1. The van der Waals surface area contributed by atoms with Crippen molar-refractivity contribution in [2.24, 2.45) is 0 Å². The molecule has 6 nitrogen and oxygen atoms in total. The lowest BCUT2D eigenvalue weighted by molar-refractivity contribution is -0.138. The van der Waals surface area contributed by atoms with Gasteiger partial charge in [0, 0.05) is 49.7 Å². The standard InChI is InChI=1S/C28H28F3N5OS/c1-3-35-11-13-36(14-12-35)17-21-7-8-22(16-23(21)28(29,30)31)32-18(2)19-5-4-6-20(15-19)24-9-10-25-26(33-24)38-27(37)34-25/h4-10,15-16,32H,2-3,11-14,17H2,1H3,(H,34,37). The fraction of sp³-hybridized carbons (Fsp3) is 0.286. The van der Waals surface area contributed by atoms with Crippen molar-refractivity contribution in [2.45, 2.75) is 19.6 Å². The number of anilines is 1. The van der Waals surface area contributed by atoms with Crippen LogP contribution in [0.1, 0.15) is 23.6 Å². The van der Waals surface area contributed by atoms with E-state index < -0.39 is 11.7 Å². The minimum atomic E-state index is -4.47. The Balaban J connectivity index is 1.34. The summed E-state index contributed by atoms with van der Waals surface area (Å²) >= 11 is 1.04. The highest BCUT2D eigenvalue weighted by molar-refractivity contribution is 7.15. The van der Waals surface area contributed by atoms with Gasteiger partial charge in [-0.1, -0.05) is 49.1 Å². The third-order valence-corrected chi connectivity index (χ3v) is 7.60. The van der Waals surface area contributed by atoms with Crippen LogP contribution in [0.2, 0.25) is 0 Å². The molecular weight excluding hydrogens is 511 g/mol. The number of aromatic amines is 1. The summed E-state index contributed by atoms with van der Waals surface area (Å²) in [7, 11) is 0. The molecule has 198 valence electrons. The molecule has 1 fully saturated rings. The molecule has 0 bridgehead atoms. The third-order valence-electron chi connectivity index (χ3n) is 6.81. The Morgan fingerprint density at radius 2 is 1.84 bits per heavy atom. The van der Waals surface area contributed by atoms with Gasteiger partial charge in [-0.3, -0.25) is 9.69 Å². The number of thiazole rings is 1. The summed E-state index contributed by atoms with van der Waals surface area (Å²) in [4.78, 5) is 23.7. The summed E-state index contributed by atoms with van der Waals surface area (Å²) in [5.41, 5.74) is 3.32. The second-order valence-corrected chi connectivity index (χ2v) is 10.3. The largest absolute Gasteiger partial charge is 0.416 e. The first kappa shape index (κ1) is 26.1. The monoisotopic (exact) mass is 539 g/mol. The van der Waals surface area contributed by atoms with E-state index in [4.69, 9.17) is 0 Å². The average Bonchev–Trinajstić information content (AvgIpc) is 3.28. The first-order valence-corrected chi connectivity index (χ1v) is 13.2. The van der Waals surface area contributed by atoms with Gasteiger partial charge in [0.2, 0.25) is 0 Å². The Hall–Kier alpha value is -3.47. The summed E-state index contributed by atoms with van der Waals surface area (Å²) in [6.07, 6.45) is -4.47. The van der Waals surface area contributed by atoms with Gasteiger partial charge in [0.15, 0.2) is 0 Å². The molecule has 2 aromatic heterocycles. The second-order valence-electron chi connectivity index (χ2n) is 9.33. The van der Waals surface area contributed by atoms with Gasteiger partial charge in [0.25, 0.3) is 0 Å². The fourth-order valence-corrected chi connectivity index (χ4v) is 5.38. The summed E-state index contributed by atoms with van der Waals surface area (Å²) in [6, 6.07) is 15.4. The van der Waals surface area contributed by atoms with Crippen LogP contribution >= 0.6 is 11.3 Å². The van der Waals surface area contributed by atoms with Crippen molar-refractivity contribution in [2.75, 3.05) is 38.0 Å². The molecule has 5 rings (SSSR count). The lowest BCUT2D eigenvalue weighted by atomic mass is 10.0. The molecule has 10 heteroatoms. The Kier molecular flexibility index (Phi) is 7.38. The number of nitrogens with one attached hydrogen (secondary N) is 2. The van der Waals surface area contributed by atoms with Crippen LogP contribution in [0, 0.1) is 0 Å². The minimum absolute atomic E-state index is 0.167. The molecule has 38 heavy (non-hydrogen) atoms. The quantitative estimate of drug-likeness (QED) is 0.307. The molecule has 2 aromatic carbocycles. The van der Waals surface area contributed by atoms with Crippen molar-refractivity contribution in [3.05, 3.63) is 87.5 Å². The van der Waals surface area contributed by atoms with Crippen LogP contribution in [-0.4, -0.2) is 52.5 Å². The van der Waals surface area contributed by atoms with Gasteiger partial charge in [-0.15, -0.1) is 0 Å². The Labute approximate surface area is 222 Å². The van der Waals surface area contributed by atoms with Crippen LogP contribution in [-0.2, 0) is 12.7 Å². The maximum absolute atomic E-state index is 14.0. The van der Waals surface area contributed by atoms with E-state index >= 15 is 0 Å². The normalized spacial score (nSPS) is 15.2. The maximum atomic E-state index is 14.0. The van der Waals surface area contributed by atoms with E-state index in [1.54, 1.807) is 18.2 Å². The Morgan fingerprint density at radius 1 is 1.08 bits per heavy atom. The van der Waals surface area contributed by atoms with Gasteiger partial charge < -0.3 is 15.2 Å². The first-order chi connectivity index (χ1) is 18.2. The van der Waals surface area contributed by atoms with Crippen LogP contribution in [0.25, 0.3) is 27.3 Å². The number of hydrogen-bond donors (Lipinski definition) is 2. The van der Waals surface area contributed by atoms with Gasteiger partial charge in [0.1, 0.15) is 4.83 Å². The summed E-state index contributed by atoms with van der Waals surface area (Å²) in [5, 5.41) is 3.05. The van der Waals surface area contributed by atoms with E-state index in [0.717, 1.165) is 61.3 Å². The highest BCUT2D eigenvalue weighted by Crippen LogP contribution is 2.35. The van der Waals surface area contributed by atoms with Crippen molar-refractivity contribution < 1.29 is 13.2 Å². The summed E-state index contributed by atoms with van der Waals surface area (Å²) in [5.74, 6) is 0. The van der Waals surface area contributed by atoms with Crippen LogP contribution in [0.4, 0.5) is 18.9 Å². The first-order valence-electron chi connectivity index (χ1n) is 12.4.